The van der Waals surface area contributed by atoms with Gasteiger partial charge in [-0.15, -0.1) is 0 Å². The molecule has 0 aliphatic carbocycles. The summed E-state index contributed by atoms with van der Waals surface area (Å²) in [5.41, 5.74) is 0.833. The van der Waals surface area contributed by atoms with Gasteiger partial charge < -0.3 is 0 Å². The van der Waals surface area contributed by atoms with Crippen LogP contribution in [-0.2, 0) is 4.79 Å². The molecule has 0 aliphatic rings. The van der Waals surface area contributed by atoms with Crippen molar-refractivity contribution in [1.29, 1.82) is 0 Å². The molecular formula is C20H24O2. The largest absolute Gasteiger partial charge is 0.300 e. The quantitative estimate of drug-likeness (QED) is 0.462. The molecule has 0 spiro atoms. The van der Waals surface area contributed by atoms with E-state index in [1.54, 1.807) is 0 Å². The monoisotopic (exact) mass is 296 g/mol. The molecule has 0 bridgehead atoms. The molecule has 0 amide bonds. The Morgan fingerprint density at radius 3 is 2.27 bits per heavy atom. The number of hydrogen-bond donors (Lipinski definition) is 0. The number of carbonyl (C=O) groups is 2. The molecule has 0 aliphatic heterocycles. The number of unbranched alkanes of at least 4 members (excludes halogenated alkanes) is 3. The maximum Gasteiger partial charge on any atom is 0.163 e. The Bertz CT molecular complexity index is 638. The topological polar surface area (TPSA) is 34.1 Å². The van der Waals surface area contributed by atoms with Crippen molar-refractivity contribution in [2.75, 3.05) is 0 Å². The van der Waals surface area contributed by atoms with Crippen LogP contribution < -0.4 is 0 Å². The van der Waals surface area contributed by atoms with E-state index in [0.29, 0.717) is 25.0 Å². The van der Waals surface area contributed by atoms with Crippen molar-refractivity contribution >= 4 is 22.3 Å². The summed E-state index contributed by atoms with van der Waals surface area (Å²) in [5.74, 6) is 0.563. The van der Waals surface area contributed by atoms with E-state index in [2.05, 4.69) is 0 Å². The van der Waals surface area contributed by atoms with Crippen molar-refractivity contribution in [2.24, 2.45) is 0 Å². The maximum atomic E-state index is 12.4. The minimum absolute atomic E-state index is 0.224. The van der Waals surface area contributed by atoms with Crippen LogP contribution in [0.25, 0.3) is 10.8 Å². The van der Waals surface area contributed by atoms with Gasteiger partial charge in [-0.2, -0.15) is 0 Å². The molecule has 0 atom stereocenters. The second-order valence-electron chi connectivity index (χ2n) is 5.76. The maximum absolute atomic E-state index is 12.4. The van der Waals surface area contributed by atoms with Gasteiger partial charge in [-0.05, 0) is 23.6 Å². The highest BCUT2D eigenvalue weighted by molar-refractivity contribution is 6.08. The Labute approximate surface area is 132 Å². The lowest BCUT2D eigenvalue weighted by Gasteiger charge is -2.06. The molecule has 0 heterocycles. The Morgan fingerprint density at radius 1 is 0.818 bits per heavy atom. The zero-order chi connectivity index (χ0) is 15.8. The molecule has 0 N–H and O–H groups in total. The zero-order valence-corrected chi connectivity index (χ0v) is 13.3. The fourth-order valence-electron chi connectivity index (χ4n) is 2.74. The number of rotatable bonds is 9. The minimum Gasteiger partial charge on any atom is -0.300 e. The zero-order valence-electron chi connectivity index (χ0n) is 13.3. The van der Waals surface area contributed by atoms with E-state index in [0.717, 1.165) is 42.0 Å². The van der Waals surface area contributed by atoms with Crippen LogP contribution in [0.4, 0.5) is 0 Å². The summed E-state index contributed by atoms with van der Waals surface area (Å²) in [6.07, 6.45) is 5.84. The predicted molar refractivity (Wildman–Crippen MR) is 91.3 cm³/mol. The van der Waals surface area contributed by atoms with Crippen molar-refractivity contribution in [3.05, 3.63) is 48.0 Å². The van der Waals surface area contributed by atoms with Crippen molar-refractivity contribution in [2.45, 2.75) is 51.9 Å². The number of hydrogen-bond acceptors (Lipinski definition) is 2. The van der Waals surface area contributed by atoms with Gasteiger partial charge in [0.15, 0.2) is 5.78 Å². The molecular weight excluding hydrogens is 272 g/mol. The average molecular weight is 296 g/mol. The highest BCUT2D eigenvalue weighted by Gasteiger charge is 2.09. The van der Waals surface area contributed by atoms with E-state index >= 15 is 0 Å². The van der Waals surface area contributed by atoms with Crippen LogP contribution in [-0.4, -0.2) is 11.6 Å². The van der Waals surface area contributed by atoms with E-state index in [9.17, 15) is 9.59 Å². The summed E-state index contributed by atoms with van der Waals surface area (Å²) >= 11 is 0. The Hall–Kier alpha value is -1.96. The summed E-state index contributed by atoms with van der Waals surface area (Å²) in [6, 6.07) is 13.9. The third-order valence-electron chi connectivity index (χ3n) is 4.09. The van der Waals surface area contributed by atoms with Gasteiger partial charge in [-0.25, -0.2) is 0 Å². The number of carbonyl (C=O) groups excluding carboxylic acids is 2. The van der Waals surface area contributed by atoms with Crippen molar-refractivity contribution in [1.82, 2.24) is 0 Å². The van der Waals surface area contributed by atoms with E-state index in [1.807, 2.05) is 49.4 Å². The van der Waals surface area contributed by atoms with Crippen molar-refractivity contribution < 1.29 is 9.59 Å². The van der Waals surface area contributed by atoms with Crippen LogP contribution in [0.5, 0.6) is 0 Å². The van der Waals surface area contributed by atoms with Gasteiger partial charge in [-0.1, -0.05) is 62.2 Å². The summed E-state index contributed by atoms with van der Waals surface area (Å²) in [6.45, 7) is 1.91. The molecule has 2 aromatic rings. The van der Waals surface area contributed by atoms with Gasteiger partial charge in [0.2, 0.25) is 0 Å². The van der Waals surface area contributed by atoms with Crippen LogP contribution >= 0.6 is 0 Å². The summed E-state index contributed by atoms with van der Waals surface area (Å²) < 4.78 is 0. The smallest absolute Gasteiger partial charge is 0.163 e. The highest BCUT2D eigenvalue weighted by Crippen LogP contribution is 2.20. The number of ketones is 2. The van der Waals surface area contributed by atoms with Gasteiger partial charge in [0.05, 0.1) is 0 Å². The Balaban J connectivity index is 1.81. The van der Waals surface area contributed by atoms with Crippen molar-refractivity contribution in [3.63, 3.8) is 0 Å². The number of benzene rings is 2. The summed E-state index contributed by atoms with van der Waals surface area (Å²) in [5, 5.41) is 2.16. The standard InChI is InChI=1S/C20H24O2/c1-2-17(21)12-5-3-4-6-15-20(22)19-14-9-11-16-10-7-8-13-18(16)19/h7-11,13-14H,2-6,12,15H2,1H3. The van der Waals surface area contributed by atoms with Crippen LogP contribution in [0, 0.1) is 0 Å². The molecule has 22 heavy (non-hydrogen) atoms. The van der Waals surface area contributed by atoms with Crippen molar-refractivity contribution in [3.8, 4) is 0 Å². The molecule has 0 radical (unpaired) electrons. The average Bonchev–Trinajstić information content (AvgIpc) is 2.56. The molecule has 0 saturated carbocycles. The highest BCUT2D eigenvalue weighted by atomic mass is 16.1. The molecule has 0 aromatic heterocycles. The minimum atomic E-state index is 0.224. The lowest BCUT2D eigenvalue weighted by atomic mass is 9.98. The molecule has 116 valence electrons. The van der Waals surface area contributed by atoms with Gasteiger partial charge in [-0.3, -0.25) is 9.59 Å². The molecule has 2 aromatic carbocycles. The van der Waals surface area contributed by atoms with E-state index < -0.39 is 0 Å². The lowest BCUT2D eigenvalue weighted by Crippen LogP contribution is -2.00. The summed E-state index contributed by atoms with van der Waals surface area (Å²) in [7, 11) is 0. The Morgan fingerprint density at radius 2 is 1.50 bits per heavy atom. The second-order valence-corrected chi connectivity index (χ2v) is 5.76. The number of Topliss-reactive ketones (excluding diaryl/α,β-unsaturated/α-hetero) is 2. The first-order chi connectivity index (χ1) is 10.7. The molecule has 2 heteroatoms. The normalized spacial score (nSPS) is 10.8. The lowest BCUT2D eigenvalue weighted by molar-refractivity contribution is -0.118. The second kappa shape index (κ2) is 8.47. The van der Waals surface area contributed by atoms with Gasteiger partial charge in [0, 0.05) is 24.8 Å². The van der Waals surface area contributed by atoms with Gasteiger partial charge in [0.25, 0.3) is 0 Å². The fraction of sp³-hybridized carbons (Fsp3) is 0.400. The van der Waals surface area contributed by atoms with Crippen LogP contribution in [0.1, 0.15) is 62.2 Å². The number of fused-ring (bicyclic) bond motifs is 1. The molecule has 0 saturated heterocycles. The molecule has 2 nitrogen and oxygen atoms in total. The fourth-order valence-corrected chi connectivity index (χ4v) is 2.74. The third-order valence-corrected chi connectivity index (χ3v) is 4.09. The molecule has 0 fully saturated rings. The Kier molecular flexibility index (Phi) is 6.32. The SMILES string of the molecule is CCC(=O)CCCCCCC(=O)c1cccc2ccccc12. The molecule has 2 rings (SSSR count). The van der Waals surface area contributed by atoms with Gasteiger partial charge >= 0.3 is 0 Å². The van der Waals surface area contributed by atoms with E-state index in [-0.39, 0.29) is 5.78 Å². The van der Waals surface area contributed by atoms with Gasteiger partial charge in [0.1, 0.15) is 5.78 Å². The molecule has 0 unspecified atom stereocenters. The van der Waals surface area contributed by atoms with Crippen LogP contribution in [0.15, 0.2) is 42.5 Å². The summed E-state index contributed by atoms with van der Waals surface area (Å²) in [4.78, 5) is 23.6. The van der Waals surface area contributed by atoms with E-state index in [1.165, 1.54) is 0 Å². The first kappa shape index (κ1) is 16.4. The van der Waals surface area contributed by atoms with Crippen LogP contribution in [0.2, 0.25) is 0 Å². The third kappa shape index (κ3) is 4.52. The van der Waals surface area contributed by atoms with Crippen LogP contribution in [0.3, 0.4) is 0 Å². The first-order valence-electron chi connectivity index (χ1n) is 8.25. The van der Waals surface area contributed by atoms with E-state index in [4.69, 9.17) is 0 Å². The first-order valence-corrected chi connectivity index (χ1v) is 8.25. The predicted octanol–water partition coefficient (Wildman–Crippen LogP) is 5.34.